The van der Waals surface area contributed by atoms with Crippen LogP contribution in [0.2, 0.25) is 5.02 Å². The molecule has 0 aliphatic heterocycles. The highest BCUT2D eigenvalue weighted by Gasteiger charge is 2.17. The van der Waals surface area contributed by atoms with Gasteiger partial charge in [-0.25, -0.2) is 13.1 Å². The first kappa shape index (κ1) is 16.7. The molecule has 24 heavy (non-hydrogen) atoms. The van der Waals surface area contributed by atoms with Crippen LogP contribution in [0, 0.1) is 6.92 Å². The lowest BCUT2D eigenvalue weighted by molar-refractivity contribution is 0.578. The maximum Gasteiger partial charge on any atom is 0.241 e. The molecule has 0 fully saturated rings. The van der Waals surface area contributed by atoms with Crippen LogP contribution in [0.3, 0.4) is 0 Å². The number of nitrogens with zero attached hydrogens (tertiary/aromatic N) is 1. The topological polar surface area (TPSA) is 72.2 Å². The first-order valence-corrected chi connectivity index (χ1v) is 9.06. The summed E-state index contributed by atoms with van der Waals surface area (Å²) < 4.78 is 32.7. The van der Waals surface area contributed by atoms with Crippen molar-refractivity contribution in [2.45, 2.75) is 18.4 Å². The van der Waals surface area contributed by atoms with Gasteiger partial charge in [0, 0.05) is 17.8 Å². The Morgan fingerprint density at radius 3 is 2.71 bits per heavy atom. The fourth-order valence-electron chi connectivity index (χ4n) is 2.22. The van der Waals surface area contributed by atoms with Gasteiger partial charge >= 0.3 is 0 Å². The Balaban J connectivity index is 1.74. The summed E-state index contributed by atoms with van der Waals surface area (Å²) in [6.07, 6.45) is 3.19. The molecule has 0 atom stereocenters. The number of sulfonamides is 1. The van der Waals surface area contributed by atoms with E-state index >= 15 is 0 Å². The summed E-state index contributed by atoms with van der Waals surface area (Å²) in [5, 5.41) is 0.380. The summed E-state index contributed by atoms with van der Waals surface area (Å²) in [4.78, 5) is 4.45. The number of aromatic nitrogens is 1. The molecule has 0 saturated carbocycles. The summed E-state index contributed by atoms with van der Waals surface area (Å²) in [6.45, 7) is 1.87. The molecular formula is C17H15ClN2O3S. The van der Waals surface area contributed by atoms with Crippen molar-refractivity contribution in [2.24, 2.45) is 0 Å². The minimum Gasteiger partial charge on any atom is -0.463 e. The number of furan rings is 1. The largest absolute Gasteiger partial charge is 0.463 e. The van der Waals surface area contributed by atoms with E-state index in [1.165, 1.54) is 6.07 Å². The van der Waals surface area contributed by atoms with Gasteiger partial charge < -0.3 is 4.42 Å². The number of hydrogen-bond donors (Lipinski definition) is 1. The molecule has 0 radical (unpaired) electrons. The van der Waals surface area contributed by atoms with Crippen molar-refractivity contribution in [1.29, 1.82) is 0 Å². The number of benzene rings is 1. The zero-order valence-corrected chi connectivity index (χ0v) is 14.4. The second kappa shape index (κ2) is 6.76. The van der Waals surface area contributed by atoms with E-state index in [1.54, 1.807) is 49.7 Å². The minimum absolute atomic E-state index is 0.139. The van der Waals surface area contributed by atoms with E-state index < -0.39 is 10.0 Å². The molecule has 1 N–H and O–H groups in total. The number of hydrogen-bond acceptors (Lipinski definition) is 4. The number of halogens is 1. The molecule has 2 heterocycles. The smallest absolute Gasteiger partial charge is 0.241 e. The Kier molecular flexibility index (Phi) is 4.71. The van der Waals surface area contributed by atoms with Crippen LogP contribution < -0.4 is 4.72 Å². The number of nitrogens with one attached hydrogen (secondary N) is 1. The molecule has 0 unspecified atom stereocenters. The van der Waals surface area contributed by atoms with Crippen LogP contribution in [0.5, 0.6) is 0 Å². The Hall–Kier alpha value is -2.15. The fourth-order valence-corrected chi connectivity index (χ4v) is 3.74. The molecule has 0 aliphatic rings. The van der Waals surface area contributed by atoms with Gasteiger partial charge in [-0.05, 0) is 48.4 Å². The van der Waals surface area contributed by atoms with Gasteiger partial charge in [0.2, 0.25) is 10.0 Å². The third-order valence-corrected chi connectivity index (χ3v) is 5.28. The molecule has 5 nitrogen and oxygen atoms in total. The molecule has 0 saturated heterocycles. The van der Waals surface area contributed by atoms with Gasteiger partial charge in [0.15, 0.2) is 5.76 Å². The summed E-state index contributed by atoms with van der Waals surface area (Å²) >= 11 is 5.90. The highest BCUT2D eigenvalue weighted by Crippen LogP contribution is 2.21. The second-order valence-electron chi connectivity index (χ2n) is 5.26. The maximum atomic E-state index is 12.4. The monoisotopic (exact) mass is 362 g/mol. The van der Waals surface area contributed by atoms with E-state index in [0.29, 0.717) is 22.0 Å². The second-order valence-corrected chi connectivity index (χ2v) is 7.44. The third-order valence-electron chi connectivity index (χ3n) is 3.50. The van der Waals surface area contributed by atoms with Gasteiger partial charge in [0.25, 0.3) is 0 Å². The Labute approximate surface area is 145 Å². The molecule has 124 valence electrons. The van der Waals surface area contributed by atoms with Gasteiger partial charge in [0.1, 0.15) is 5.69 Å². The first-order valence-electron chi connectivity index (χ1n) is 7.20. The van der Waals surface area contributed by atoms with Crippen LogP contribution in [0.25, 0.3) is 11.5 Å². The molecular weight excluding hydrogens is 348 g/mol. The van der Waals surface area contributed by atoms with Crippen molar-refractivity contribution >= 4 is 21.6 Å². The van der Waals surface area contributed by atoms with Crippen LogP contribution >= 0.6 is 11.6 Å². The summed E-state index contributed by atoms with van der Waals surface area (Å²) in [5.41, 5.74) is 2.07. The molecule has 1 aromatic carbocycles. The van der Waals surface area contributed by atoms with Crippen molar-refractivity contribution in [1.82, 2.24) is 9.71 Å². The Morgan fingerprint density at radius 1 is 1.21 bits per heavy atom. The van der Waals surface area contributed by atoms with Crippen molar-refractivity contribution in [2.75, 3.05) is 0 Å². The van der Waals surface area contributed by atoms with E-state index in [9.17, 15) is 8.42 Å². The quantitative estimate of drug-likeness (QED) is 0.749. The van der Waals surface area contributed by atoms with Crippen molar-refractivity contribution < 1.29 is 12.8 Å². The predicted octanol–water partition coefficient (Wildman–Crippen LogP) is 3.78. The number of aryl methyl sites for hydroxylation is 1. The van der Waals surface area contributed by atoms with Gasteiger partial charge in [0.05, 0.1) is 11.2 Å². The van der Waals surface area contributed by atoms with E-state index in [1.807, 2.05) is 6.07 Å². The molecule has 0 bridgehead atoms. The molecule has 2 aromatic heterocycles. The van der Waals surface area contributed by atoms with Crippen LogP contribution in [-0.2, 0) is 16.6 Å². The zero-order valence-electron chi connectivity index (χ0n) is 12.9. The van der Waals surface area contributed by atoms with Gasteiger partial charge in [-0.1, -0.05) is 23.7 Å². The Bertz CT molecular complexity index is 936. The third kappa shape index (κ3) is 3.67. The molecule has 0 spiro atoms. The highest BCUT2D eigenvalue weighted by molar-refractivity contribution is 7.89. The Morgan fingerprint density at radius 2 is 2.04 bits per heavy atom. The van der Waals surface area contributed by atoms with E-state index in [2.05, 4.69) is 9.71 Å². The molecule has 3 aromatic rings. The summed E-state index contributed by atoms with van der Waals surface area (Å²) in [7, 11) is -3.65. The van der Waals surface area contributed by atoms with Crippen molar-refractivity contribution in [3.63, 3.8) is 0 Å². The SMILES string of the molecule is Cc1ccc(Cl)cc1S(=O)(=O)NCc1ccc(-c2ccco2)nc1. The lowest BCUT2D eigenvalue weighted by Gasteiger charge is -2.10. The predicted molar refractivity (Wildman–Crippen MR) is 92.2 cm³/mol. The molecule has 0 amide bonds. The molecule has 7 heteroatoms. The lowest BCUT2D eigenvalue weighted by Crippen LogP contribution is -2.24. The van der Waals surface area contributed by atoms with E-state index in [-0.39, 0.29) is 11.4 Å². The fraction of sp³-hybridized carbons (Fsp3) is 0.118. The normalized spacial score (nSPS) is 11.6. The van der Waals surface area contributed by atoms with Crippen LogP contribution in [0.1, 0.15) is 11.1 Å². The van der Waals surface area contributed by atoms with Crippen LogP contribution in [-0.4, -0.2) is 13.4 Å². The van der Waals surface area contributed by atoms with E-state index in [0.717, 1.165) is 5.56 Å². The average Bonchev–Trinajstić information content (AvgIpc) is 3.10. The van der Waals surface area contributed by atoms with Crippen molar-refractivity contribution in [3.8, 4) is 11.5 Å². The van der Waals surface area contributed by atoms with Gasteiger partial charge in [-0.3, -0.25) is 4.98 Å². The van der Waals surface area contributed by atoms with Gasteiger partial charge in [-0.15, -0.1) is 0 Å². The van der Waals surface area contributed by atoms with Crippen molar-refractivity contribution in [3.05, 3.63) is 71.1 Å². The number of pyridine rings is 1. The van der Waals surface area contributed by atoms with E-state index in [4.69, 9.17) is 16.0 Å². The minimum atomic E-state index is -3.65. The number of rotatable bonds is 5. The van der Waals surface area contributed by atoms with Crippen LogP contribution in [0.4, 0.5) is 0 Å². The van der Waals surface area contributed by atoms with Crippen LogP contribution in [0.15, 0.2) is 64.2 Å². The highest BCUT2D eigenvalue weighted by atomic mass is 35.5. The maximum absolute atomic E-state index is 12.4. The molecule has 0 aliphatic carbocycles. The zero-order chi connectivity index (χ0) is 17.2. The summed E-state index contributed by atoms with van der Waals surface area (Å²) in [5.74, 6) is 0.664. The standard InChI is InChI=1S/C17H15ClN2O3S/c1-12-4-6-14(18)9-17(12)24(21,22)20-11-13-5-7-15(19-10-13)16-3-2-8-23-16/h2-10,20H,11H2,1H3. The first-order chi connectivity index (χ1) is 11.5. The molecule has 3 rings (SSSR count). The van der Waals surface area contributed by atoms with Gasteiger partial charge in [-0.2, -0.15) is 0 Å². The summed E-state index contributed by atoms with van der Waals surface area (Å²) in [6, 6.07) is 12.0. The average molecular weight is 363 g/mol. The lowest BCUT2D eigenvalue weighted by atomic mass is 10.2.